The number of rotatable bonds is 2. The van der Waals surface area contributed by atoms with Crippen LogP contribution in [0.2, 0.25) is 0 Å². The van der Waals surface area contributed by atoms with Crippen LogP contribution in [-0.2, 0) is 4.74 Å². The minimum absolute atomic E-state index is 0.160. The molecule has 1 fully saturated rings. The maximum absolute atomic E-state index is 11.5. The van der Waals surface area contributed by atoms with Crippen molar-refractivity contribution in [3.8, 4) is 0 Å². The average Bonchev–Trinajstić information content (AvgIpc) is 2.47. The van der Waals surface area contributed by atoms with Crippen LogP contribution in [0.1, 0.15) is 17.6 Å². The van der Waals surface area contributed by atoms with Crippen LogP contribution < -0.4 is 10.5 Å². The normalized spacial score (nSPS) is 19.1. The smallest absolute Gasteiger partial charge is 0.251 e. The van der Waals surface area contributed by atoms with Gasteiger partial charge in [-0.15, -0.1) is 0 Å². The zero-order valence-electron chi connectivity index (χ0n) is 11.1. The number of anilines is 1. The summed E-state index contributed by atoms with van der Waals surface area (Å²) < 4.78 is 5.70. The van der Waals surface area contributed by atoms with Crippen molar-refractivity contribution in [2.45, 2.75) is 13.0 Å². The predicted octanol–water partition coefficient (Wildman–Crippen LogP) is 0.446. The molecule has 1 aliphatic rings. The molecule has 0 radical (unpaired) electrons. The van der Waals surface area contributed by atoms with E-state index in [0.29, 0.717) is 24.7 Å². The van der Waals surface area contributed by atoms with Gasteiger partial charge in [0.15, 0.2) is 0 Å². The molecule has 7 nitrogen and oxygen atoms in total. The summed E-state index contributed by atoms with van der Waals surface area (Å²) in [6.07, 6.45) is 4.75. The summed E-state index contributed by atoms with van der Waals surface area (Å²) in [6.45, 7) is 3.68. The van der Waals surface area contributed by atoms with Crippen molar-refractivity contribution >= 4 is 5.82 Å². The summed E-state index contributed by atoms with van der Waals surface area (Å²) in [5.41, 5.74) is 0.525. The fourth-order valence-corrected chi connectivity index (χ4v) is 2.23. The van der Waals surface area contributed by atoms with Crippen LogP contribution in [0.5, 0.6) is 0 Å². The Bertz CT molecular complexity index is 643. The van der Waals surface area contributed by atoms with E-state index in [1.807, 2.05) is 0 Å². The van der Waals surface area contributed by atoms with Gasteiger partial charge in [-0.05, 0) is 6.92 Å². The van der Waals surface area contributed by atoms with Crippen molar-refractivity contribution < 1.29 is 4.74 Å². The van der Waals surface area contributed by atoms with Crippen LogP contribution in [0.15, 0.2) is 29.5 Å². The molecule has 0 amide bonds. The van der Waals surface area contributed by atoms with E-state index < -0.39 is 0 Å². The molecule has 3 rings (SSSR count). The second-order valence-corrected chi connectivity index (χ2v) is 4.64. The molecule has 0 aliphatic carbocycles. The lowest BCUT2D eigenvalue weighted by molar-refractivity contribution is 0.0335. The number of nitrogens with one attached hydrogen (secondary N) is 1. The highest BCUT2D eigenvalue weighted by Gasteiger charge is 2.24. The van der Waals surface area contributed by atoms with Gasteiger partial charge in [0.2, 0.25) is 0 Å². The third-order valence-electron chi connectivity index (χ3n) is 3.13. The van der Waals surface area contributed by atoms with Crippen LogP contribution in [0.25, 0.3) is 0 Å². The van der Waals surface area contributed by atoms with Gasteiger partial charge in [-0.1, -0.05) is 0 Å². The fourth-order valence-electron chi connectivity index (χ4n) is 2.23. The van der Waals surface area contributed by atoms with Crippen molar-refractivity contribution in [1.82, 2.24) is 19.9 Å². The molecule has 0 bridgehead atoms. The molecule has 1 aliphatic heterocycles. The number of H-pyrrole nitrogens is 1. The zero-order chi connectivity index (χ0) is 13.9. The van der Waals surface area contributed by atoms with E-state index in [1.165, 1.54) is 6.07 Å². The van der Waals surface area contributed by atoms with Crippen LogP contribution in [0.3, 0.4) is 0 Å². The van der Waals surface area contributed by atoms with Crippen molar-refractivity contribution in [2.24, 2.45) is 0 Å². The first kappa shape index (κ1) is 12.7. The fraction of sp³-hybridized carbons (Fsp3) is 0.385. The Hall–Kier alpha value is -2.28. The Morgan fingerprint density at radius 1 is 1.45 bits per heavy atom. The quantitative estimate of drug-likeness (QED) is 0.855. The lowest BCUT2D eigenvalue weighted by Gasteiger charge is -2.32. The molecular formula is C13H15N5O2. The van der Waals surface area contributed by atoms with Crippen molar-refractivity contribution in [2.75, 3.05) is 24.6 Å². The molecule has 2 aromatic rings. The number of aromatic nitrogens is 4. The molecule has 0 aromatic carbocycles. The molecule has 0 saturated carbocycles. The first-order valence-corrected chi connectivity index (χ1v) is 6.43. The highest BCUT2D eigenvalue weighted by molar-refractivity contribution is 5.36. The van der Waals surface area contributed by atoms with Gasteiger partial charge in [0, 0.05) is 30.7 Å². The number of morpholine rings is 1. The van der Waals surface area contributed by atoms with Crippen LogP contribution in [0, 0.1) is 6.92 Å². The molecule has 3 heterocycles. The summed E-state index contributed by atoms with van der Waals surface area (Å²) in [7, 11) is 0. The molecule has 104 valence electrons. The molecule has 0 unspecified atom stereocenters. The maximum atomic E-state index is 11.5. The van der Waals surface area contributed by atoms with E-state index in [4.69, 9.17) is 4.74 Å². The number of nitrogens with zero attached hydrogens (tertiary/aromatic N) is 4. The minimum Gasteiger partial charge on any atom is -0.367 e. The number of aryl methyl sites for hydroxylation is 1. The molecule has 1 atom stereocenters. The molecule has 20 heavy (non-hydrogen) atoms. The average molecular weight is 273 g/mol. The molecule has 0 spiro atoms. The van der Waals surface area contributed by atoms with Gasteiger partial charge in [0.25, 0.3) is 5.56 Å². The van der Waals surface area contributed by atoms with Crippen LogP contribution in [0.4, 0.5) is 5.82 Å². The highest BCUT2D eigenvalue weighted by Crippen LogP contribution is 2.21. The summed E-state index contributed by atoms with van der Waals surface area (Å²) >= 11 is 0. The van der Waals surface area contributed by atoms with Gasteiger partial charge in [-0.3, -0.25) is 9.78 Å². The van der Waals surface area contributed by atoms with Gasteiger partial charge in [-0.25, -0.2) is 9.97 Å². The summed E-state index contributed by atoms with van der Waals surface area (Å²) in [4.78, 5) is 29.0. The van der Waals surface area contributed by atoms with Crippen molar-refractivity contribution in [1.29, 1.82) is 0 Å². The second-order valence-electron chi connectivity index (χ2n) is 4.64. The topological polar surface area (TPSA) is 84.0 Å². The monoisotopic (exact) mass is 273 g/mol. The molecule has 1 N–H and O–H groups in total. The Morgan fingerprint density at radius 3 is 3.10 bits per heavy atom. The lowest BCUT2D eigenvalue weighted by atomic mass is 10.2. The van der Waals surface area contributed by atoms with Gasteiger partial charge in [-0.2, -0.15) is 0 Å². The van der Waals surface area contributed by atoms with Gasteiger partial charge in [0.05, 0.1) is 19.3 Å². The second kappa shape index (κ2) is 5.38. The predicted molar refractivity (Wildman–Crippen MR) is 72.5 cm³/mol. The third kappa shape index (κ3) is 2.67. The highest BCUT2D eigenvalue weighted by atomic mass is 16.5. The van der Waals surface area contributed by atoms with E-state index >= 15 is 0 Å². The number of hydrogen-bond donors (Lipinski definition) is 1. The maximum Gasteiger partial charge on any atom is 0.251 e. The number of aromatic amines is 1. The third-order valence-corrected chi connectivity index (χ3v) is 3.13. The van der Waals surface area contributed by atoms with Crippen LogP contribution in [-0.4, -0.2) is 39.6 Å². The number of ether oxygens (including phenoxy) is 1. The largest absolute Gasteiger partial charge is 0.367 e. The SMILES string of the molecule is Cc1cc(=O)[nH]c([C@H]2CN(c3cnccn3)CCO2)n1. The van der Waals surface area contributed by atoms with Crippen LogP contribution >= 0.6 is 0 Å². The molecule has 1 saturated heterocycles. The van der Waals surface area contributed by atoms with Crippen molar-refractivity contribution in [3.05, 3.63) is 46.5 Å². The summed E-state index contributed by atoms with van der Waals surface area (Å²) in [6, 6.07) is 1.47. The lowest BCUT2D eigenvalue weighted by Crippen LogP contribution is -2.40. The number of hydrogen-bond acceptors (Lipinski definition) is 6. The Kier molecular flexibility index (Phi) is 3.42. The van der Waals surface area contributed by atoms with Gasteiger partial charge < -0.3 is 14.6 Å². The van der Waals surface area contributed by atoms with Gasteiger partial charge in [0.1, 0.15) is 17.7 Å². The van der Waals surface area contributed by atoms with Crippen molar-refractivity contribution in [3.63, 3.8) is 0 Å². The first-order valence-electron chi connectivity index (χ1n) is 6.43. The minimum atomic E-state index is -0.265. The Labute approximate surface area is 115 Å². The zero-order valence-corrected chi connectivity index (χ0v) is 11.1. The van der Waals surface area contributed by atoms with E-state index in [9.17, 15) is 4.79 Å². The molecule has 2 aromatic heterocycles. The summed E-state index contributed by atoms with van der Waals surface area (Å²) in [5.74, 6) is 1.36. The molecular weight excluding hydrogens is 258 g/mol. The first-order chi connectivity index (χ1) is 9.72. The van der Waals surface area contributed by atoms with E-state index in [0.717, 1.165) is 12.4 Å². The van der Waals surface area contributed by atoms with Gasteiger partial charge >= 0.3 is 0 Å². The standard InChI is InChI=1S/C13H15N5O2/c1-9-6-12(19)17-13(16-9)10-8-18(4-5-20-10)11-7-14-2-3-15-11/h2-3,6-7,10H,4-5,8H2,1H3,(H,16,17,19)/t10-/m1/s1. The Morgan fingerprint density at radius 2 is 2.35 bits per heavy atom. The van der Waals surface area contributed by atoms with E-state index in [1.54, 1.807) is 25.5 Å². The molecule has 7 heteroatoms. The summed E-state index contributed by atoms with van der Waals surface area (Å²) in [5, 5.41) is 0. The van der Waals surface area contributed by atoms with E-state index in [2.05, 4.69) is 24.8 Å². The Balaban J connectivity index is 1.83. The van der Waals surface area contributed by atoms with E-state index in [-0.39, 0.29) is 11.7 Å².